The van der Waals surface area contributed by atoms with Crippen molar-refractivity contribution in [3.63, 3.8) is 0 Å². The van der Waals surface area contributed by atoms with Gasteiger partial charge in [0.2, 0.25) is 0 Å². The molecule has 1 aliphatic rings. The van der Waals surface area contributed by atoms with Crippen LogP contribution in [0.15, 0.2) is 59.5 Å². The molecule has 1 saturated heterocycles. The predicted octanol–water partition coefficient (Wildman–Crippen LogP) is 3.21. The zero-order valence-electron chi connectivity index (χ0n) is 15.5. The lowest BCUT2D eigenvalue weighted by Crippen LogP contribution is -2.52. The third-order valence-corrected chi connectivity index (χ3v) is 7.65. The molecular weight excluding hydrogens is 378 g/mol. The van der Waals surface area contributed by atoms with Crippen LogP contribution in [0.5, 0.6) is 11.5 Å². The molecule has 0 saturated carbocycles. The lowest BCUT2D eigenvalue weighted by atomic mass is 9.96. The fourth-order valence-electron chi connectivity index (χ4n) is 3.42. The van der Waals surface area contributed by atoms with Gasteiger partial charge in [-0.3, -0.25) is 10.2 Å². The first-order valence-electron chi connectivity index (χ1n) is 9.00. The molecule has 0 spiro atoms. The van der Waals surface area contributed by atoms with Crippen LogP contribution in [0.2, 0.25) is 0 Å². The number of rotatable bonds is 7. The number of para-hydroxylation sites is 1. The predicted molar refractivity (Wildman–Crippen MR) is 106 cm³/mol. The van der Waals surface area contributed by atoms with E-state index in [1.54, 1.807) is 12.1 Å². The summed E-state index contributed by atoms with van der Waals surface area (Å²) in [6, 6.07) is 15.6. The summed E-state index contributed by atoms with van der Waals surface area (Å²) in [4.78, 5) is 6.52. The molecule has 1 heterocycles. The second kappa shape index (κ2) is 8.76. The van der Waals surface area contributed by atoms with Crippen molar-refractivity contribution in [2.45, 2.75) is 22.5 Å². The van der Waals surface area contributed by atoms with E-state index in [9.17, 15) is 8.42 Å². The number of terminal acetylenes is 1. The van der Waals surface area contributed by atoms with Crippen LogP contribution >= 0.6 is 0 Å². The number of benzene rings is 2. The molecule has 6 nitrogen and oxygen atoms in total. The van der Waals surface area contributed by atoms with Crippen LogP contribution in [0.25, 0.3) is 0 Å². The zero-order valence-corrected chi connectivity index (χ0v) is 16.3. The number of ether oxygens (including phenoxy) is 1. The second-order valence-corrected chi connectivity index (χ2v) is 9.17. The number of hydrogen-bond donors (Lipinski definition) is 1. The second-order valence-electron chi connectivity index (χ2n) is 6.83. The Bertz CT molecular complexity index is 912. The van der Waals surface area contributed by atoms with E-state index in [2.05, 4.69) is 10.8 Å². The lowest BCUT2D eigenvalue weighted by Gasteiger charge is -2.39. The van der Waals surface area contributed by atoms with Crippen LogP contribution in [0.3, 0.4) is 0 Å². The van der Waals surface area contributed by atoms with Gasteiger partial charge in [0.15, 0.2) is 9.84 Å². The Balaban J connectivity index is 1.81. The van der Waals surface area contributed by atoms with E-state index < -0.39 is 14.6 Å². The molecule has 0 bridgehead atoms. The van der Waals surface area contributed by atoms with Crippen LogP contribution < -0.4 is 4.74 Å². The van der Waals surface area contributed by atoms with Crippen molar-refractivity contribution in [1.29, 1.82) is 0 Å². The van der Waals surface area contributed by atoms with E-state index in [1.807, 2.05) is 35.2 Å². The molecule has 7 heteroatoms. The smallest absolute Gasteiger partial charge is 0.186 e. The number of nitrogens with zero attached hydrogens (tertiary/aromatic N) is 1. The molecule has 0 radical (unpaired) electrons. The highest BCUT2D eigenvalue weighted by molar-refractivity contribution is 7.92. The van der Waals surface area contributed by atoms with E-state index in [-0.39, 0.29) is 11.5 Å². The Hall–Kier alpha value is -2.37. The Kier molecular flexibility index (Phi) is 6.37. The number of sulfone groups is 1. The quantitative estimate of drug-likeness (QED) is 0.436. The first-order chi connectivity index (χ1) is 13.5. The van der Waals surface area contributed by atoms with Crippen molar-refractivity contribution >= 4 is 9.84 Å². The average molecular weight is 401 g/mol. The number of hydrogen-bond acceptors (Lipinski definition) is 6. The van der Waals surface area contributed by atoms with E-state index in [0.717, 1.165) is 0 Å². The molecule has 0 aromatic heterocycles. The molecule has 0 unspecified atom stereocenters. The maximum Gasteiger partial charge on any atom is 0.186 e. The van der Waals surface area contributed by atoms with E-state index in [1.165, 1.54) is 12.1 Å². The highest BCUT2D eigenvalue weighted by Crippen LogP contribution is 2.36. The van der Waals surface area contributed by atoms with Gasteiger partial charge in [0.1, 0.15) is 22.9 Å². The van der Waals surface area contributed by atoms with Crippen LogP contribution in [-0.4, -0.2) is 49.6 Å². The molecule has 3 rings (SSSR count). The summed E-state index contributed by atoms with van der Waals surface area (Å²) >= 11 is 0. The summed E-state index contributed by atoms with van der Waals surface area (Å²) in [6.45, 7) is 1.26. The van der Waals surface area contributed by atoms with Crippen molar-refractivity contribution in [1.82, 2.24) is 4.90 Å². The van der Waals surface area contributed by atoms with Crippen molar-refractivity contribution in [3.8, 4) is 23.8 Å². The van der Waals surface area contributed by atoms with Crippen LogP contribution in [-0.2, 0) is 14.7 Å². The molecule has 0 atom stereocenters. The highest BCUT2D eigenvalue weighted by Gasteiger charge is 2.47. The molecule has 28 heavy (non-hydrogen) atoms. The first-order valence-corrected chi connectivity index (χ1v) is 10.5. The molecule has 0 amide bonds. The fraction of sp³-hybridized carbons (Fsp3) is 0.333. The SMILES string of the molecule is C#CCN1CCC(COO)(S(=O)(=O)c2ccc(Oc3ccccc3)cc2)CC1. The maximum atomic E-state index is 13.3. The average Bonchev–Trinajstić information content (AvgIpc) is 2.71. The normalized spacial score (nSPS) is 17.0. The van der Waals surface area contributed by atoms with Gasteiger partial charge in [0.05, 0.1) is 11.4 Å². The van der Waals surface area contributed by atoms with Gasteiger partial charge < -0.3 is 4.74 Å². The minimum atomic E-state index is -3.73. The molecular formula is C21H23NO5S. The maximum absolute atomic E-state index is 13.3. The van der Waals surface area contributed by atoms with Gasteiger partial charge in [0.25, 0.3) is 0 Å². The third kappa shape index (κ3) is 4.21. The molecule has 1 N–H and O–H groups in total. The van der Waals surface area contributed by atoms with Gasteiger partial charge in [0, 0.05) is 13.1 Å². The minimum absolute atomic E-state index is 0.176. The Morgan fingerprint density at radius 1 is 1.04 bits per heavy atom. The highest BCUT2D eigenvalue weighted by atomic mass is 32.2. The van der Waals surface area contributed by atoms with Gasteiger partial charge in [-0.2, -0.15) is 0 Å². The van der Waals surface area contributed by atoms with Crippen LogP contribution in [0.1, 0.15) is 12.8 Å². The van der Waals surface area contributed by atoms with Crippen molar-refractivity contribution in [2.24, 2.45) is 0 Å². The topological polar surface area (TPSA) is 76.1 Å². The fourth-order valence-corrected chi connectivity index (χ4v) is 5.34. The Morgan fingerprint density at radius 2 is 1.64 bits per heavy atom. The summed E-state index contributed by atoms with van der Waals surface area (Å²) < 4.78 is 31.2. The lowest BCUT2D eigenvalue weighted by molar-refractivity contribution is -0.249. The van der Waals surface area contributed by atoms with E-state index in [4.69, 9.17) is 16.4 Å². The summed E-state index contributed by atoms with van der Waals surface area (Å²) in [6.07, 6.45) is 6.01. The summed E-state index contributed by atoms with van der Waals surface area (Å²) in [5, 5.41) is 9.04. The first kappa shape index (κ1) is 20.4. The van der Waals surface area contributed by atoms with Gasteiger partial charge in [-0.05, 0) is 49.2 Å². The molecule has 0 aliphatic carbocycles. The van der Waals surface area contributed by atoms with Crippen molar-refractivity contribution in [3.05, 3.63) is 54.6 Å². The summed E-state index contributed by atoms with van der Waals surface area (Å²) in [7, 11) is -3.73. The van der Waals surface area contributed by atoms with Gasteiger partial charge in [-0.15, -0.1) is 6.42 Å². The van der Waals surface area contributed by atoms with E-state index >= 15 is 0 Å². The summed E-state index contributed by atoms with van der Waals surface area (Å²) in [5.41, 5.74) is 0. The Morgan fingerprint density at radius 3 is 2.21 bits per heavy atom. The summed E-state index contributed by atoms with van der Waals surface area (Å²) in [5.74, 6) is 3.79. The monoisotopic (exact) mass is 401 g/mol. The number of likely N-dealkylation sites (tertiary alicyclic amines) is 1. The standard InChI is InChI=1S/C21H23NO5S/c1-2-14-22-15-12-21(13-16-22,17-26-23)28(24,25)20-10-8-19(9-11-20)27-18-6-4-3-5-7-18/h1,3-11,23H,12-17H2. The van der Waals surface area contributed by atoms with Crippen molar-refractivity contribution < 1.29 is 23.3 Å². The molecule has 1 fully saturated rings. The molecule has 148 valence electrons. The molecule has 2 aromatic carbocycles. The Labute approximate surface area is 165 Å². The molecule has 1 aliphatic heterocycles. The van der Waals surface area contributed by atoms with Gasteiger partial charge in [-0.1, -0.05) is 24.1 Å². The minimum Gasteiger partial charge on any atom is -0.457 e. The zero-order chi connectivity index (χ0) is 20.0. The van der Waals surface area contributed by atoms with Gasteiger partial charge in [-0.25, -0.2) is 13.3 Å². The van der Waals surface area contributed by atoms with Gasteiger partial charge >= 0.3 is 0 Å². The molecule has 2 aromatic rings. The van der Waals surface area contributed by atoms with E-state index in [0.29, 0.717) is 44.0 Å². The van der Waals surface area contributed by atoms with Crippen LogP contribution in [0.4, 0.5) is 0 Å². The largest absolute Gasteiger partial charge is 0.457 e. The number of piperidine rings is 1. The van der Waals surface area contributed by atoms with Crippen LogP contribution in [0, 0.1) is 12.3 Å². The third-order valence-electron chi connectivity index (χ3n) is 5.09. The van der Waals surface area contributed by atoms with Crippen molar-refractivity contribution in [2.75, 3.05) is 26.2 Å².